The predicted molar refractivity (Wildman–Crippen MR) is 96.5 cm³/mol. The van der Waals surface area contributed by atoms with E-state index in [0.29, 0.717) is 11.3 Å². The third kappa shape index (κ3) is 4.93. The van der Waals surface area contributed by atoms with E-state index in [-0.39, 0.29) is 0 Å². The minimum Gasteiger partial charge on any atom is -0.335 e. The first-order valence-electron chi connectivity index (χ1n) is 8.22. The second-order valence-corrected chi connectivity index (χ2v) is 8.48. The Hall–Kier alpha value is -0.130. The van der Waals surface area contributed by atoms with Crippen LogP contribution in [0.5, 0.6) is 0 Å². The van der Waals surface area contributed by atoms with Gasteiger partial charge in [0.15, 0.2) is 0 Å². The van der Waals surface area contributed by atoms with Crippen LogP contribution >= 0.6 is 23.5 Å². The Labute approximate surface area is 138 Å². The molecular weight excluding hydrogens is 298 g/mol. The van der Waals surface area contributed by atoms with Crippen LogP contribution in [0.3, 0.4) is 0 Å². The van der Waals surface area contributed by atoms with Crippen LogP contribution in [0, 0.1) is 0 Å². The first-order chi connectivity index (χ1) is 10.3. The van der Waals surface area contributed by atoms with Gasteiger partial charge in [-0.3, -0.25) is 0 Å². The molecule has 1 aliphatic rings. The standard InChI is InChI=1S/C16H29N3S2/c1-4-6-17-14(16-13(3)20-10-11-21-16)12-15-18-7-9-19(15)8-5-2/h7,9,13-14,16-17H,4-6,8,10-12H2,1-3H3. The molecule has 1 aromatic heterocycles. The van der Waals surface area contributed by atoms with Crippen molar-refractivity contribution in [2.75, 3.05) is 18.1 Å². The van der Waals surface area contributed by atoms with Crippen LogP contribution in [-0.2, 0) is 13.0 Å². The fraction of sp³-hybridized carbons (Fsp3) is 0.812. The van der Waals surface area contributed by atoms with Crippen molar-refractivity contribution in [3.05, 3.63) is 18.2 Å². The number of aromatic nitrogens is 2. The summed E-state index contributed by atoms with van der Waals surface area (Å²) in [6, 6.07) is 0.538. The van der Waals surface area contributed by atoms with Gasteiger partial charge in [0.2, 0.25) is 0 Å². The summed E-state index contributed by atoms with van der Waals surface area (Å²) in [5, 5.41) is 5.22. The van der Waals surface area contributed by atoms with E-state index >= 15 is 0 Å². The van der Waals surface area contributed by atoms with Gasteiger partial charge in [-0.2, -0.15) is 23.5 Å². The number of aryl methyl sites for hydroxylation is 1. The highest BCUT2D eigenvalue weighted by molar-refractivity contribution is 8.07. The van der Waals surface area contributed by atoms with Crippen LogP contribution in [0.15, 0.2) is 12.4 Å². The molecular formula is C16H29N3S2. The topological polar surface area (TPSA) is 29.9 Å². The van der Waals surface area contributed by atoms with Gasteiger partial charge in [0.05, 0.1) is 0 Å². The molecule has 0 spiro atoms. The first-order valence-corrected chi connectivity index (χ1v) is 10.3. The van der Waals surface area contributed by atoms with E-state index in [1.165, 1.54) is 30.2 Å². The second kappa shape index (κ2) is 9.11. The zero-order chi connectivity index (χ0) is 15.1. The predicted octanol–water partition coefficient (Wildman–Crippen LogP) is 3.44. The van der Waals surface area contributed by atoms with Gasteiger partial charge in [-0.1, -0.05) is 20.8 Å². The van der Waals surface area contributed by atoms with Gasteiger partial charge in [0.25, 0.3) is 0 Å². The zero-order valence-electron chi connectivity index (χ0n) is 13.5. The molecule has 0 bridgehead atoms. The van der Waals surface area contributed by atoms with Crippen molar-refractivity contribution in [2.45, 2.75) is 63.1 Å². The Morgan fingerprint density at radius 1 is 1.33 bits per heavy atom. The lowest BCUT2D eigenvalue weighted by Gasteiger charge is -2.35. The van der Waals surface area contributed by atoms with E-state index in [0.717, 1.165) is 24.8 Å². The van der Waals surface area contributed by atoms with Crippen LogP contribution in [0.1, 0.15) is 39.4 Å². The molecule has 21 heavy (non-hydrogen) atoms. The van der Waals surface area contributed by atoms with Crippen LogP contribution < -0.4 is 5.32 Å². The molecule has 120 valence electrons. The first kappa shape index (κ1) is 17.2. The Kier molecular flexibility index (Phi) is 7.47. The lowest BCUT2D eigenvalue weighted by molar-refractivity contribution is 0.467. The van der Waals surface area contributed by atoms with Gasteiger partial charge >= 0.3 is 0 Å². The molecule has 2 heterocycles. The summed E-state index contributed by atoms with van der Waals surface area (Å²) < 4.78 is 2.33. The fourth-order valence-corrected chi connectivity index (χ4v) is 5.86. The molecule has 3 nitrogen and oxygen atoms in total. The van der Waals surface area contributed by atoms with Crippen molar-refractivity contribution in [1.29, 1.82) is 0 Å². The quantitative estimate of drug-likeness (QED) is 0.792. The molecule has 0 amide bonds. The van der Waals surface area contributed by atoms with Crippen molar-refractivity contribution >= 4 is 23.5 Å². The molecule has 0 radical (unpaired) electrons. The molecule has 2 rings (SSSR count). The van der Waals surface area contributed by atoms with E-state index in [1.54, 1.807) is 0 Å². The normalized spacial score (nSPS) is 24.1. The molecule has 3 unspecified atom stereocenters. The maximum Gasteiger partial charge on any atom is 0.110 e. The molecule has 1 fully saturated rings. The number of hydrogen-bond donors (Lipinski definition) is 1. The van der Waals surface area contributed by atoms with Crippen molar-refractivity contribution in [2.24, 2.45) is 0 Å². The summed E-state index contributed by atoms with van der Waals surface area (Å²) >= 11 is 4.28. The van der Waals surface area contributed by atoms with E-state index in [4.69, 9.17) is 0 Å². The third-order valence-electron chi connectivity index (χ3n) is 3.96. The Morgan fingerprint density at radius 3 is 2.86 bits per heavy atom. The monoisotopic (exact) mass is 327 g/mol. The van der Waals surface area contributed by atoms with Crippen molar-refractivity contribution in [3.8, 4) is 0 Å². The zero-order valence-corrected chi connectivity index (χ0v) is 15.2. The molecule has 0 aliphatic carbocycles. The van der Waals surface area contributed by atoms with Crippen LogP contribution in [0.25, 0.3) is 0 Å². The molecule has 0 aromatic carbocycles. The van der Waals surface area contributed by atoms with Crippen molar-refractivity contribution < 1.29 is 0 Å². The minimum atomic E-state index is 0.538. The number of nitrogens with one attached hydrogen (secondary N) is 1. The Bertz CT molecular complexity index is 408. The van der Waals surface area contributed by atoms with Crippen molar-refractivity contribution in [1.82, 2.24) is 14.9 Å². The lowest BCUT2D eigenvalue weighted by atomic mass is 10.1. The minimum absolute atomic E-state index is 0.538. The van der Waals surface area contributed by atoms with Gasteiger partial charge in [0.1, 0.15) is 5.82 Å². The highest BCUT2D eigenvalue weighted by Gasteiger charge is 2.30. The van der Waals surface area contributed by atoms with Gasteiger partial charge in [-0.05, 0) is 19.4 Å². The largest absolute Gasteiger partial charge is 0.335 e. The number of imidazole rings is 1. The number of rotatable bonds is 8. The third-order valence-corrected chi connectivity index (χ3v) is 7.21. The fourth-order valence-electron chi connectivity index (χ4n) is 2.90. The summed E-state index contributed by atoms with van der Waals surface area (Å²) in [5.74, 6) is 3.83. The Morgan fingerprint density at radius 2 is 2.14 bits per heavy atom. The maximum atomic E-state index is 4.61. The highest BCUT2D eigenvalue weighted by atomic mass is 32.2. The molecule has 0 saturated carbocycles. The molecule has 1 aliphatic heterocycles. The average molecular weight is 328 g/mol. The van der Waals surface area contributed by atoms with E-state index < -0.39 is 0 Å². The SMILES string of the molecule is CCCNC(Cc1nccn1CCC)C1SCCSC1C. The molecule has 1 saturated heterocycles. The van der Waals surface area contributed by atoms with E-state index in [2.05, 4.69) is 65.4 Å². The summed E-state index contributed by atoms with van der Waals surface area (Å²) in [7, 11) is 0. The van der Waals surface area contributed by atoms with Gasteiger partial charge < -0.3 is 9.88 Å². The van der Waals surface area contributed by atoms with Crippen LogP contribution in [-0.4, -0.2) is 44.1 Å². The summed E-state index contributed by atoms with van der Waals surface area (Å²) in [6.07, 6.45) is 7.49. The Balaban J connectivity index is 2.06. The molecule has 5 heteroatoms. The number of nitrogens with zero attached hydrogens (tertiary/aromatic N) is 2. The lowest BCUT2D eigenvalue weighted by Crippen LogP contribution is -2.46. The van der Waals surface area contributed by atoms with E-state index in [1.807, 2.05) is 6.20 Å². The van der Waals surface area contributed by atoms with Gasteiger partial charge in [0, 0.05) is 53.4 Å². The highest BCUT2D eigenvalue weighted by Crippen LogP contribution is 2.34. The smallest absolute Gasteiger partial charge is 0.110 e. The van der Waals surface area contributed by atoms with Crippen LogP contribution in [0.4, 0.5) is 0 Å². The van der Waals surface area contributed by atoms with E-state index in [9.17, 15) is 0 Å². The number of hydrogen-bond acceptors (Lipinski definition) is 4. The molecule has 1 N–H and O–H groups in total. The summed E-state index contributed by atoms with van der Waals surface area (Å²) in [5.41, 5.74) is 0. The molecule has 3 atom stereocenters. The van der Waals surface area contributed by atoms with Gasteiger partial charge in [-0.25, -0.2) is 4.98 Å². The summed E-state index contributed by atoms with van der Waals surface area (Å²) in [6.45, 7) is 9.05. The maximum absolute atomic E-state index is 4.61. The second-order valence-electron chi connectivity index (χ2n) is 5.71. The van der Waals surface area contributed by atoms with Crippen LogP contribution in [0.2, 0.25) is 0 Å². The average Bonchev–Trinajstić information content (AvgIpc) is 2.92. The van der Waals surface area contributed by atoms with Gasteiger partial charge in [-0.15, -0.1) is 0 Å². The summed E-state index contributed by atoms with van der Waals surface area (Å²) in [4.78, 5) is 4.61. The number of thioether (sulfide) groups is 2. The molecule has 1 aromatic rings. The van der Waals surface area contributed by atoms with Crippen molar-refractivity contribution in [3.63, 3.8) is 0 Å².